The number of thiophene rings is 1. The summed E-state index contributed by atoms with van der Waals surface area (Å²) >= 11 is 7.45. The zero-order valence-electron chi connectivity index (χ0n) is 11.5. The Hall–Kier alpha value is -1.53. The second-order valence-electron chi connectivity index (χ2n) is 6.13. The second-order valence-corrected chi connectivity index (χ2v) is 7.63. The minimum Gasteiger partial charge on any atom is -0.277 e. The lowest BCUT2D eigenvalue weighted by molar-refractivity contribution is -0.143. The van der Waals surface area contributed by atoms with E-state index in [9.17, 15) is 9.59 Å². The average molecular weight is 322 g/mol. The van der Waals surface area contributed by atoms with Gasteiger partial charge in [-0.15, -0.1) is 11.3 Å². The van der Waals surface area contributed by atoms with E-state index in [2.05, 4.69) is 9.97 Å². The zero-order chi connectivity index (χ0) is 14.9. The van der Waals surface area contributed by atoms with Crippen LogP contribution in [-0.2, 0) is 16.1 Å². The molecule has 2 aromatic heterocycles. The van der Waals surface area contributed by atoms with Gasteiger partial charge in [-0.1, -0.05) is 25.4 Å². The first-order valence-corrected chi connectivity index (χ1v) is 7.85. The van der Waals surface area contributed by atoms with Gasteiger partial charge in [0, 0.05) is 4.88 Å². The van der Waals surface area contributed by atoms with Gasteiger partial charge in [0.25, 0.3) is 0 Å². The molecule has 2 amide bonds. The molecule has 0 bridgehead atoms. The third kappa shape index (κ3) is 1.69. The zero-order valence-corrected chi connectivity index (χ0v) is 13.0. The van der Waals surface area contributed by atoms with Crippen molar-refractivity contribution in [1.82, 2.24) is 14.9 Å². The maximum atomic E-state index is 12.3. The van der Waals surface area contributed by atoms with Crippen molar-refractivity contribution >= 4 is 45.0 Å². The van der Waals surface area contributed by atoms with E-state index in [0.717, 1.165) is 15.1 Å². The van der Waals surface area contributed by atoms with Gasteiger partial charge in [-0.05, 0) is 11.5 Å². The van der Waals surface area contributed by atoms with Gasteiger partial charge in [-0.3, -0.25) is 14.5 Å². The quantitative estimate of drug-likeness (QED) is 0.629. The van der Waals surface area contributed by atoms with E-state index in [1.54, 1.807) is 0 Å². The second kappa shape index (κ2) is 4.01. The third-order valence-electron chi connectivity index (χ3n) is 4.52. The maximum absolute atomic E-state index is 12.3. The molecule has 2 atom stereocenters. The van der Waals surface area contributed by atoms with Gasteiger partial charge in [0.2, 0.25) is 11.8 Å². The Morgan fingerprint density at radius 2 is 1.95 bits per heavy atom. The lowest BCUT2D eigenvalue weighted by atomic mass is 10.1. The number of carbonyl (C=O) groups excluding carboxylic acids is 2. The van der Waals surface area contributed by atoms with Crippen LogP contribution in [0.2, 0.25) is 5.15 Å². The van der Waals surface area contributed by atoms with Crippen LogP contribution in [0.15, 0.2) is 12.4 Å². The predicted molar refractivity (Wildman–Crippen MR) is 78.7 cm³/mol. The van der Waals surface area contributed by atoms with E-state index >= 15 is 0 Å². The number of imide groups is 1. The Morgan fingerprint density at radius 3 is 2.57 bits per heavy atom. The van der Waals surface area contributed by atoms with Gasteiger partial charge in [-0.2, -0.15) is 0 Å². The van der Waals surface area contributed by atoms with Gasteiger partial charge in [0.15, 0.2) is 0 Å². The van der Waals surface area contributed by atoms with Crippen LogP contribution in [-0.4, -0.2) is 26.7 Å². The number of carbonyl (C=O) groups is 2. The number of piperidine rings is 1. The van der Waals surface area contributed by atoms with Gasteiger partial charge < -0.3 is 0 Å². The molecule has 0 spiro atoms. The molecular weight excluding hydrogens is 310 g/mol. The van der Waals surface area contributed by atoms with E-state index in [1.807, 2.05) is 19.9 Å². The number of rotatable bonds is 2. The summed E-state index contributed by atoms with van der Waals surface area (Å²) in [6, 6.07) is 1.86. The summed E-state index contributed by atoms with van der Waals surface area (Å²) in [5.41, 5.74) is 0.583. The number of nitrogens with zero attached hydrogens (tertiary/aromatic N) is 3. The summed E-state index contributed by atoms with van der Waals surface area (Å²) in [4.78, 5) is 35.0. The SMILES string of the molecule is CC1(C)C2C(=O)N(Cc3cc4ncnc(Cl)c4s3)C(=O)C21. The van der Waals surface area contributed by atoms with Crippen molar-refractivity contribution in [1.29, 1.82) is 0 Å². The lowest BCUT2D eigenvalue weighted by Gasteiger charge is -2.19. The highest BCUT2D eigenvalue weighted by atomic mass is 35.5. The number of amides is 2. The van der Waals surface area contributed by atoms with Crippen LogP contribution >= 0.6 is 22.9 Å². The van der Waals surface area contributed by atoms with Gasteiger partial charge in [-0.25, -0.2) is 9.97 Å². The van der Waals surface area contributed by atoms with Gasteiger partial charge in [0.1, 0.15) is 11.5 Å². The largest absolute Gasteiger partial charge is 0.277 e. The van der Waals surface area contributed by atoms with E-state index in [1.165, 1.54) is 22.6 Å². The molecule has 2 aromatic rings. The van der Waals surface area contributed by atoms with Crippen LogP contribution in [0.5, 0.6) is 0 Å². The smallest absolute Gasteiger partial charge is 0.234 e. The Bertz CT molecular complexity index is 777. The molecule has 108 valence electrons. The average Bonchev–Trinajstić information content (AvgIpc) is 2.71. The Morgan fingerprint density at radius 1 is 1.29 bits per heavy atom. The molecule has 3 heterocycles. The van der Waals surface area contributed by atoms with Crippen LogP contribution in [0, 0.1) is 17.3 Å². The topological polar surface area (TPSA) is 63.2 Å². The molecule has 4 rings (SSSR count). The number of fused-ring (bicyclic) bond motifs is 2. The Kier molecular flexibility index (Phi) is 2.52. The molecule has 0 aromatic carbocycles. The summed E-state index contributed by atoms with van der Waals surface area (Å²) < 4.78 is 0.791. The fraction of sp³-hybridized carbons (Fsp3) is 0.429. The molecule has 5 nitrogen and oxygen atoms in total. The van der Waals surface area contributed by atoms with Crippen molar-refractivity contribution in [2.24, 2.45) is 17.3 Å². The summed E-state index contributed by atoms with van der Waals surface area (Å²) in [5, 5.41) is 0.402. The fourth-order valence-corrected chi connectivity index (χ4v) is 4.50. The molecule has 21 heavy (non-hydrogen) atoms. The number of aromatic nitrogens is 2. The first-order valence-electron chi connectivity index (χ1n) is 6.65. The monoisotopic (exact) mass is 321 g/mol. The van der Waals surface area contributed by atoms with Crippen molar-refractivity contribution in [2.45, 2.75) is 20.4 Å². The predicted octanol–water partition coefficient (Wildman–Crippen LogP) is 2.49. The van der Waals surface area contributed by atoms with E-state index in [4.69, 9.17) is 11.6 Å². The summed E-state index contributed by atoms with van der Waals surface area (Å²) in [6.45, 7) is 4.26. The van der Waals surface area contributed by atoms with Crippen LogP contribution < -0.4 is 0 Å². The highest BCUT2D eigenvalue weighted by Crippen LogP contribution is 2.63. The molecule has 1 aliphatic heterocycles. The standard InChI is InChI=1S/C14H12ClN3O2S/c1-14(2)8-9(14)13(20)18(12(8)19)4-6-3-7-10(21-6)11(15)17-5-16-7/h3,5,8-9H,4H2,1-2H3. The van der Waals surface area contributed by atoms with Crippen molar-refractivity contribution < 1.29 is 9.59 Å². The molecule has 1 saturated carbocycles. The number of hydrogen-bond donors (Lipinski definition) is 0. The highest BCUT2D eigenvalue weighted by molar-refractivity contribution is 7.19. The van der Waals surface area contributed by atoms with E-state index in [-0.39, 0.29) is 29.1 Å². The van der Waals surface area contributed by atoms with E-state index in [0.29, 0.717) is 11.7 Å². The maximum Gasteiger partial charge on any atom is 0.234 e. The normalized spacial score (nSPS) is 26.5. The molecule has 1 saturated heterocycles. The first kappa shape index (κ1) is 13.2. The van der Waals surface area contributed by atoms with Crippen LogP contribution in [0.4, 0.5) is 0 Å². The Labute approximate surface area is 129 Å². The number of likely N-dealkylation sites (tertiary alicyclic amines) is 1. The lowest BCUT2D eigenvalue weighted by Crippen LogP contribution is -2.35. The third-order valence-corrected chi connectivity index (χ3v) is 6.04. The van der Waals surface area contributed by atoms with Crippen molar-refractivity contribution in [3.8, 4) is 0 Å². The Balaban J connectivity index is 1.63. The van der Waals surface area contributed by atoms with Gasteiger partial charge >= 0.3 is 0 Å². The van der Waals surface area contributed by atoms with E-state index < -0.39 is 0 Å². The highest BCUT2D eigenvalue weighted by Gasteiger charge is 2.72. The van der Waals surface area contributed by atoms with Crippen LogP contribution in [0.1, 0.15) is 18.7 Å². The molecule has 2 fully saturated rings. The van der Waals surface area contributed by atoms with Gasteiger partial charge in [0.05, 0.1) is 28.6 Å². The molecule has 7 heteroatoms. The van der Waals surface area contributed by atoms with Crippen molar-refractivity contribution in [2.75, 3.05) is 0 Å². The molecule has 0 N–H and O–H groups in total. The summed E-state index contributed by atoms with van der Waals surface area (Å²) in [5.74, 6) is -0.375. The van der Waals surface area contributed by atoms with Crippen LogP contribution in [0.25, 0.3) is 10.2 Å². The summed E-state index contributed by atoms with van der Waals surface area (Å²) in [6.07, 6.45) is 1.41. The molecule has 2 unspecified atom stereocenters. The van der Waals surface area contributed by atoms with Crippen LogP contribution in [0.3, 0.4) is 0 Å². The molecular formula is C14H12ClN3O2S. The number of halogens is 1. The molecule has 2 aliphatic rings. The molecule has 0 radical (unpaired) electrons. The van der Waals surface area contributed by atoms with Crippen molar-refractivity contribution in [3.63, 3.8) is 0 Å². The first-order chi connectivity index (χ1) is 9.91. The summed E-state index contributed by atoms with van der Waals surface area (Å²) in [7, 11) is 0. The fourth-order valence-electron chi connectivity index (χ4n) is 3.27. The molecule has 1 aliphatic carbocycles. The minimum absolute atomic E-state index is 0.0513. The van der Waals surface area contributed by atoms with Crippen molar-refractivity contribution in [3.05, 3.63) is 22.4 Å². The minimum atomic E-state index is -0.167. The number of hydrogen-bond acceptors (Lipinski definition) is 5.